The molecule has 0 fully saturated rings. The van der Waals surface area contributed by atoms with Gasteiger partial charge in [0, 0.05) is 7.11 Å². The molecule has 0 aromatic carbocycles. The Morgan fingerprint density at radius 3 is 2.60 bits per heavy atom. The summed E-state index contributed by atoms with van der Waals surface area (Å²) in [5.41, 5.74) is 5.11. The Morgan fingerprint density at radius 2 is 2.30 bits per heavy atom. The van der Waals surface area contributed by atoms with Crippen LogP contribution in [0.5, 0.6) is 0 Å². The molecule has 0 heterocycles. The fourth-order valence-corrected chi connectivity index (χ4v) is 2.10. The Hall–Kier alpha value is 0.170. The molecule has 10 heavy (non-hydrogen) atoms. The van der Waals surface area contributed by atoms with Crippen LogP contribution in [-0.4, -0.2) is 18.6 Å². The van der Waals surface area contributed by atoms with Crippen LogP contribution in [0.25, 0.3) is 0 Å². The van der Waals surface area contributed by atoms with E-state index in [2.05, 4.69) is 4.52 Å². The van der Waals surface area contributed by atoms with Crippen LogP contribution in [0.2, 0.25) is 0 Å². The van der Waals surface area contributed by atoms with E-state index in [1.807, 2.05) is 0 Å². The minimum atomic E-state index is -3.03. The summed E-state index contributed by atoms with van der Waals surface area (Å²) in [5.74, 6) is 0.0782. The third kappa shape index (κ3) is 4.99. The first-order valence-electron chi connectivity index (χ1n) is 2.56. The fourth-order valence-electron chi connectivity index (χ4n) is 0.234. The van der Waals surface area contributed by atoms with Gasteiger partial charge in [0.05, 0.1) is 5.75 Å². The molecule has 0 saturated heterocycles. The monoisotopic (exact) mass is 183 g/mol. The second kappa shape index (κ2) is 4.13. The summed E-state index contributed by atoms with van der Waals surface area (Å²) >= 11 is 0.848. The third-order valence-corrected chi connectivity index (χ3v) is 4.02. The highest BCUT2D eigenvalue weighted by Crippen LogP contribution is 2.50. The van der Waals surface area contributed by atoms with Crippen molar-refractivity contribution in [1.29, 1.82) is 0 Å². The van der Waals surface area contributed by atoms with E-state index in [1.165, 1.54) is 14.0 Å². The fraction of sp³-hybridized carbons (Fsp3) is 0.750. The Morgan fingerprint density at radius 1 is 1.80 bits per heavy atom. The van der Waals surface area contributed by atoms with Crippen molar-refractivity contribution in [3.8, 4) is 0 Å². The number of carbonyl (C=O) groups is 1. The molecule has 0 aromatic heterocycles. The zero-order valence-corrected chi connectivity index (χ0v) is 7.58. The summed E-state index contributed by atoms with van der Waals surface area (Å²) in [7, 11) is 1.26. The van der Waals surface area contributed by atoms with E-state index in [9.17, 15) is 9.36 Å². The molecule has 0 aromatic rings. The number of carbonyl (C=O) groups excluding carboxylic acids is 1. The highest BCUT2D eigenvalue weighted by molar-refractivity contribution is 8.56. The molecule has 1 unspecified atom stereocenters. The largest absolute Gasteiger partial charge is 0.324 e. The van der Waals surface area contributed by atoms with E-state index in [0.29, 0.717) is 0 Å². The first kappa shape index (κ1) is 10.2. The molecular weight excluding hydrogens is 173 g/mol. The predicted octanol–water partition coefficient (Wildman–Crippen LogP) is 1.02. The van der Waals surface area contributed by atoms with Crippen LogP contribution >= 0.6 is 18.1 Å². The molecule has 0 aliphatic rings. The average molecular weight is 183 g/mol. The summed E-state index contributed by atoms with van der Waals surface area (Å²) in [5, 5.41) is 0. The van der Waals surface area contributed by atoms with Gasteiger partial charge in [0.15, 0.2) is 0 Å². The Balaban J connectivity index is 3.68. The van der Waals surface area contributed by atoms with Crippen LogP contribution in [0.3, 0.4) is 0 Å². The summed E-state index contributed by atoms with van der Waals surface area (Å²) in [6, 6.07) is 0. The maximum Gasteiger partial charge on any atom is 0.324 e. The van der Waals surface area contributed by atoms with Gasteiger partial charge in [-0.15, -0.1) is 0 Å². The first-order chi connectivity index (χ1) is 4.48. The van der Waals surface area contributed by atoms with Crippen LogP contribution < -0.4 is 5.50 Å². The van der Waals surface area contributed by atoms with Crippen molar-refractivity contribution < 1.29 is 13.9 Å². The lowest BCUT2D eigenvalue weighted by Gasteiger charge is -2.06. The molecule has 0 aliphatic heterocycles. The summed E-state index contributed by atoms with van der Waals surface area (Å²) in [6.07, 6.45) is 0. The van der Waals surface area contributed by atoms with Crippen molar-refractivity contribution in [3.63, 3.8) is 0 Å². The molecule has 4 nitrogen and oxygen atoms in total. The van der Waals surface area contributed by atoms with Crippen molar-refractivity contribution >= 4 is 23.9 Å². The molecule has 60 valence electrons. The molecule has 0 bridgehead atoms. The Labute approximate surface area is 63.8 Å². The highest BCUT2D eigenvalue weighted by Gasteiger charge is 2.15. The Kier molecular flexibility index (Phi) is 4.20. The number of rotatable bonds is 4. The lowest BCUT2D eigenvalue weighted by molar-refractivity contribution is -0.114. The number of ketones is 1. The van der Waals surface area contributed by atoms with Gasteiger partial charge in [0.2, 0.25) is 0 Å². The van der Waals surface area contributed by atoms with Gasteiger partial charge < -0.3 is 4.52 Å². The van der Waals surface area contributed by atoms with Gasteiger partial charge in [0.1, 0.15) is 5.78 Å². The lowest BCUT2D eigenvalue weighted by atomic mass is 10.5. The third-order valence-electron chi connectivity index (χ3n) is 0.702. The van der Waals surface area contributed by atoms with Gasteiger partial charge >= 0.3 is 6.72 Å². The second-order valence-electron chi connectivity index (χ2n) is 1.70. The molecule has 2 N–H and O–H groups in total. The normalized spacial score (nSPS) is 16.3. The van der Waals surface area contributed by atoms with Crippen LogP contribution in [0.4, 0.5) is 0 Å². The van der Waals surface area contributed by atoms with Crippen molar-refractivity contribution in [2.45, 2.75) is 6.92 Å². The molecule has 0 spiro atoms. The lowest BCUT2D eigenvalue weighted by Crippen LogP contribution is -1.98. The number of Topliss-reactive ketones (excluding diaryl/α,β-unsaturated/α-hetero) is 1. The van der Waals surface area contributed by atoms with Crippen LogP contribution in [-0.2, 0) is 13.9 Å². The first-order valence-corrected chi connectivity index (χ1v) is 5.85. The molecule has 0 saturated carbocycles. The molecule has 6 heteroatoms. The van der Waals surface area contributed by atoms with Gasteiger partial charge in [-0.1, -0.05) is 0 Å². The molecule has 0 aliphatic carbocycles. The minimum Gasteiger partial charge on any atom is -0.313 e. The molecule has 1 atom stereocenters. The quantitative estimate of drug-likeness (QED) is 0.659. The number of hydrogen-bond donors (Lipinski definition) is 1. The van der Waals surface area contributed by atoms with Gasteiger partial charge in [-0.2, -0.15) is 0 Å². The highest BCUT2D eigenvalue weighted by atomic mass is 32.7. The van der Waals surface area contributed by atoms with E-state index < -0.39 is 6.72 Å². The van der Waals surface area contributed by atoms with Gasteiger partial charge in [-0.3, -0.25) is 14.9 Å². The molecular formula is C4H10NO3PS. The topological polar surface area (TPSA) is 69.4 Å². The van der Waals surface area contributed by atoms with Gasteiger partial charge in [0.25, 0.3) is 0 Å². The van der Waals surface area contributed by atoms with Gasteiger partial charge in [-0.25, -0.2) is 0 Å². The predicted molar refractivity (Wildman–Crippen MR) is 41.9 cm³/mol. The standard InChI is InChI=1S/C4H10NO3PS/c1-4(6)3-10-9(5,7)8-2/h3H2,1-2H3,(H2,5,7). The maximum atomic E-state index is 10.9. The summed E-state index contributed by atoms with van der Waals surface area (Å²) in [4.78, 5) is 10.4. The summed E-state index contributed by atoms with van der Waals surface area (Å²) < 4.78 is 15.3. The van der Waals surface area contributed by atoms with Crippen molar-refractivity contribution in [3.05, 3.63) is 0 Å². The maximum absolute atomic E-state index is 10.9. The summed E-state index contributed by atoms with van der Waals surface area (Å²) in [6.45, 7) is -1.63. The molecule has 0 amide bonds. The zero-order chi connectivity index (χ0) is 8.20. The zero-order valence-electron chi connectivity index (χ0n) is 5.86. The smallest absolute Gasteiger partial charge is 0.313 e. The van der Waals surface area contributed by atoms with Crippen LogP contribution in [0, 0.1) is 0 Å². The molecule has 0 rings (SSSR count). The van der Waals surface area contributed by atoms with E-state index >= 15 is 0 Å². The van der Waals surface area contributed by atoms with E-state index in [0.717, 1.165) is 11.4 Å². The van der Waals surface area contributed by atoms with Crippen molar-refractivity contribution in [2.24, 2.45) is 5.50 Å². The van der Waals surface area contributed by atoms with Crippen LogP contribution in [0.15, 0.2) is 0 Å². The van der Waals surface area contributed by atoms with Crippen LogP contribution in [0.1, 0.15) is 6.92 Å². The van der Waals surface area contributed by atoms with E-state index in [-0.39, 0.29) is 11.5 Å². The number of hydrogen-bond acceptors (Lipinski definition) is 4. The minimum absolute atomic E-state index is 0.0623. The SMILES string of the molecule is COP(N)(=O)SCC(C)=O. The van der Waals surface area contributed by atoms with E-state index in [1.54, 1.807) is 0 Å². The second-order valence-corrected chi connectivity index (χ2v) is 5.99. The van der Waals surface area contributed by atoms with E-state index in [4.69, 9.17) is 5.50 Å². The average Bonchev–Trinajstić information content (AvgIpc) is 1.85. The van der Waals surface area contributed by atoms with Crippen molar-refractivity contribution in [2.75, 3.05) is 12.9 Å². The molecule has 0 radical (unpaired) electrons. The van der Waals surface area contributed by atoms with Crippen molar-refractivity contribution in [1.82, 2.24) is 0 Å². The number of nitrogens with two attached hydrogens (primary N) is 1. The van der Waals surface area contributed by atoms with Gasteiger partial charge in [-0.05, 0) is 18.3 Å². The Bertz CT molecular complexity index is 172.